The van der Waals surface area contributed by atoms with Gasteiger partial charge in [-0.15, -0.1) is 0 Å². The van der Waals surface area contributed by atoms with Gasteiger partial charge in [0, 0.05) is 30.2 Å². The Labute approximate surface area is 115 Å². The van der Waals surface area contributed by atoms with Gasteiger partial charge in [-0.1, -0.05) is 24.6 Å². The second-order valence-corrected chi connectivity index (χ2v) is 6.14. The molecule has 2 nitrogen and oxygen atoms in total. The average Bonchev–Trinajstić information content (AvgIpc) is 2.68. The smallest absolute Gasteiger partial charge is 0.0515 e. The van der Waals surface area contributed by atoms with Gasteiger partial charge in [-0.3, -0.25) is 0 Å². The molecule has 1 saturated carbocycles. The Bertz CT molecular complexity index is 576. The minimum Gasteiger partial charge on any atom is -0.344 e. The Balaban J connectivity index is 1.96. The Morgan fingerprint density at radius 2 is 2.11 bits per heavy atom. The van der Waals surface area contributed by atoms with Crippen LogP contribution in [-0.2, 0) is 6.54 Å². The molecule has 0 aliphatic heterocycles. The van der Waals surface area contributed by atoms with Crippen molar-refractivity contribution in [2.24, 2.45) is 0 Å². The van der Waals surface area contributed by atoms with E-state index in [4.69, 9.17) is 0 Å². The van der Waals surface area contributed by atoms with Gasteiger partial charge in [0.2, 0.25) is 0 Å². The summed E-state index contributed by atoms with van der Waals surface area (Å²) in [6.45, 7) is 7.73. The zero-order chi connectivity index (χ0) is 13.4. The third-order valence-corrected chi connectivity index (χ3v) is 4.38. The molecule has 1 heterocycles. The van der Waals surface area contributed by atoms with Crippen LogP contribution >= 0.6 is 0 Å². The van der Waals surface area contributed by atoms with Crippen LogP contribution in [0.1, 0.15) is 50.3 Å². The van der Waals surface area contributed by atoms with Crippen LogP contribution in [0.4, 0.5) is 0 Å². The first-order valence-electron chi connectivity index (χ1n) is 7.49. The maximum Gasteiger partial charge on any atom is 0.0515 e. The zero-order valence-electron chi connectivity index (χ0n) is 12.2. The van der Waals surface area contributed by atoms with E-state index in [9.17, 15) is 0 Å². The zero-order valence-corrected chi connectivity index (χ0v) is 12.2. The van der Waals surface area contributed by atoms with E-state index in [2.05, 4.69) is 55.1 Å². The fourth-order valence-electron chi connectivity index (χ4n) is 2.98. The van der Waals surface area contributed by atoms with E-state index in [1.165, 1.54) is 41.3 Å². The molecule has 1 aliphatic carbocycles. The lowest BCUT2D eigenvalue weighted by atomic mass is 9.93. The number of hydrogen-bond acceptors (Lipinski definition) is 1. The molecule has 1 fully saturated rings. The van der Waals surface area contributed by atoms with E-state index in [0.29, 0.717) is 6.04 Å². The molecule has 19 heavy (non-hydrogen) atoms. The Morgan fingerprint density at radius 3 is 2.74 bits per heavy atom. The van der Waals surface area contributed by atoms with E-state index < -0.39 is 0 Å². The number of hydrogen-bond donors (Lipinski definition) is 1. The number of aromatic nitrogens is 1. The van der Waals surface area contributed by atoms with Gasteiger partial charge in [0.1, 0.15) is 0 Å². The maximum atomic E-state index is 3.69. The summed E-state index contributed by atoms with van der Waals surface area (Å²) in [6.07, 6.45) is 6.43. The molecule has 1 aliphatic rings. The van der Waals surface area contributed by atoms with Gasteiger partial charge in [-0.05, 0) is 44.7 Å². The highest BCUT2D eigenvalue weighted by Crippen LogP contribution is 2.28. The topological polar surface area (TPSA) is 17.0 Å². The quantitative estimate of drug-likeness (QED) is 0.868. The van der Waals surface area contributed by atoms with Crippen molar-refractivity contribution >= 4 is 10.9 Å². The molecule has 0 unspecified atom stereocenters. The number of fused-ring (bicyclic) bond motifs is 1. The van der Waals surface area contributed by atoms with Crippen LogP contribution in [-0.4, -0.2) is 10.6 Å². The molecule has 1 aromatic heterocycles. The summed E-state index contributed by atoms with van der Waals surface area (Å²) < 4.78 is 2.42. The van der Waals surface area contributed by atoms with E-state index in [1.807, 2.05) is 0 Å². The van der Waals surface area contributed by atoms with Crippen molar-refractivity contribution in [3.63, 3.8) is 0 Å². The van der Waals surface area contributed by atoms with Crippen LogP contribution < -0.4 is 5.32 Å². The minimum absolute atomic E-state index is 0.515. The molecular formula is C17H24N2. The normalized spacial score (nSPS) is 16.2. The predicted molar refractivity (Wildman–Crippen MR) is 81.5 cm³/mol. The highest BCUT2D eigenvalue weighted by atomic mass is 15.0. The van der Waals surface area contributed by atoms with Gasteiger partial charge in [-0.25, -0.2) is 0 Å². The highest BCUT2D eigenvalue weighted by molar-refractivity contribution is 5.86. The first-order chi connectivity index (χ1) is 9.16. The Kier molecular flexibility index (Phi) is 3.36. The molecule has 1 N–H and O–H groups in total. The largest absolute Gasteiger partial charge is 0.344 e. The van der Waals surface area contributed by atoms with Crippen molar-refractivity contribution in [1.29, 1.82) is 0 Å². The summed E-state index contributed by atoms with van der Waals surface area (Å²) in [5.74, 6) is 0. The lowest BCUT2D eigenvalue weighted by molar-refractivity contribution is 0.338. The summed E-state index contributed by atoms with van der Waals surface area (Å²) >= 11 is 0. The van der Waals surface area contributed by atoms with Crippen LogP contribution in [0.2, 0.25) is 0 Å². The SMILES string of the molecule is Cc1cccc2c(CNC3CCC3)cn(C(C)C)c12. The third-order valence-electron chi connectivity index (χ3n) is 4.38. The van der Waals surface area contributed by atoms with E-state index in [-0.39, 0.29) is 0 Å². The summed E-state index contributed by atoms with van der Waals surface area (Å²) in [6, 6.07) is 7.92. The molecule has 0 bridgehead atoms. The Morgan fingerprint density at radius 1 is 1.32 bits per heavy atom. The van der Waals surface area contributed by atoms with Gasteiger partial charge in [0.15, 0.2) is 0 Å². The molecule has 2 heteroatoms. The van der Waals surface area contributed by atoms with Crippen LogP contribution in [0.5, 0.6) is 0 Å². The van der Waals surface area contributed by atoms with Gasteiger partial charge in [0.05, 0.1) is 5.52 Å². The number of para-hydroxylation sites is 1. The number of nitrogens with one attached hydrogen (secondary N) is 1. The average molecular weight is 256 g/mol. The summed E-state index contributed by atoms with van der Waals surface area (Å²) in [5, 5.41) is 5.10. The van der Waals surface area contributed by atoms with Crippen LogP contribution in [0.25, 0.3) is 10.9 Å². The molecule has 0 radical (unpaired) electrons. The number of nitrogens with zero attached hydrogens (tertiary/aromatic N) is 1. The third kappa shape index (κ3) is 2.30. The van der Waals surface area contributed by atoms with Crippen molar-refractivity contribution in [1.82, 2.24) is 9.88 Å². The van der Waals surface area contributed by atoms with Gasteiger partial charge in [-0.2, -0.15) is 0 Å². The Hall–Kier alpha value is -1.28. The number of benzene rings is 1. The molecular weight excluding hydrogens is 232 g/mol. The molecule has 1 aromatic carbocycles. The van der Waals surface area contributed by atoms with Crippen LogP contribution in [0.3, 0.4) is 0 Å². The van der Waals surface area contributed by atoms with Gasteiger partial charge in [0.25, 0.3) is 0 Å². The minimum atomic E-state index is 0.515. The summed E-state index contributed by atoms with van der Waals surface area (Å²) in [5.41, 5.74) is 4.23. The molecule has 102 valence electrons. The second kappa shape index (κ2) is 5.01. The molecule has 0 atom stereocenters. The van der Waals surface area contributed by atoms with Crippen molar-refractivity contribution in [3.8, 4) is 0 Å². The first-order valence-corrected chi connectivity index (χ1v) is 7.49. The molecule has 0 saturated heterocycles. The standard InChI is InChI=1S/C17H24N2/c1-12(2)19-11-14(10-18-15-7-5-8-15)16-9-4-6-13(3)17(16)19/h4,6,9,11-12,15,18H,5,7-8,10H2,1-3H3. The summed E-state index contributed by atoms with van der Waals surface area (Å²) in [7, 11) is 0. The van der Waals surface area contributed by atoms with Gasteiger partial charge >= 0.3 is 0 Å². The van der Waals surface area contributed by atoms with Crippen molar-refractivity contribution in [3.05, 3.63) is 35.5 Å². The van der Waals surface area contributed by atoms with Crippen molar-refractivity contribution in [2.75, 3.05) is 0 Å². The fourth-order valence-corrected chi connectivity index (χ4v) is 2.98. The maximum absolute atomic E-state index is 3.69. The van der Waals surface area contributed by atoms with Crippen molar-refractivity contribution in [2.45, 2.75) is 58.7 Å². The second-order valence-electron chi connectivity index (χ2n) is 6.14. The molecule has 2 aromatic rings. The van der Waals surface area contributed by atoms with Crippen LogP contribution in [0, 0.1) is 6.92 Å². The lowest BCUT2D eigenvalue weighted by Gasteiger charge is -2.26. The van der Waals surface area contributed by atoms with Crippen LogP contribution in [0.15, 0.2) is 24.4 Å². The monoisotopic (exact) mass is 256 g/mol. The fraction of sp³-hybridized carbons (Fsp3) is 0.529. The highest BCUT2D eigenvalue weighted by Gasteiger charge is 2.18. The predicted octanol–water partition coefficient (Wildman–Crippen LogP) is 4.17. The lowest BCUT2D eigenvalue weighted by Crippen LogP contribution is -2.34. The van der Waals surface area contributed by atoms with E-state index >= 15 is 0 Å². The molecule has 3 rings (SSSR count). The van der Waals surface area contributed by atoms with Crippen molar-refractivity contribution < 1.29 is 0 Å². The number of rotatable bonds is 4. The number of aryl methyl sites for hydroxylation is 1. The molecule has 0 amide bonds. The summed E-state index contributed by atoms with van der Waals surface area (Å²) in [4.78, 5) is 0. The molecule has 0 spiro atoms. The first kappa shape index (κ1) is 12.7. The van der Waals surface area contributed by atoms with Gasteiger partial charge < -0.3 is 9.88 Å². The van der Waals surface area contributed by atoms with E-state index in [1.54, 1.807) is 0 Å². The van der Waals surface area contributed by atoms with E-state index in [0.717, 1.165) is 12.6 Å².